The molecule has 3 nitrogen and oxygen atoms in total. The molecule has 0 bridgehead atoms. The standard InChI is InChI=1S/C38H24O3/c1-4-11-36-30(6-1)32-9-5-8-29(38(32)41-36)25-14-16-28-27(18-25)22-39-21-26-13-12-23(19-33(26)28)24-15-17-37-34(20-24)31-7-2-3-10-35(31)40-37/h1-20H,21-22H2. The van der Waals surface area contributed by atoms with Crippen molar-refractivity contribution in [3.63, 3.8) is 0 Å². The molecule has 0 saturated heterocycles. The van der Waals surface area contributed by atoms with Crippen LogP contribution in [0.4, 0.5) is 0 Å². The predicted molar refractivity (Wildman–Crippen MR) is 166 cm³/mol. The van der Waals surface area contributed by atoms with E-state index in [1.54, 1.807) is 0 Å². The predicted octanol–water partition coefficient (Wildman–Crippen LogP) is 10.5. The fraction of sp³-hybridized carbons (Fsp3) is 0.0526. The van der Waals surface area contributed by atoms with Crippen LogP contribution in [-0.4, -0.2) is 0 Å². The summed E-state index contributed by atoms with van der Waals surface area (Å²) in [5, 5.41) is 4.57. The molecule has 41 heavy (non-hydrogen) atoms. The average molecular weight is 529 g/mol. The highest BCUT2D eigenvalue weighted by molar-refractivity contribution is 6.10. The number of ether oxygens (including phenoxy) is 1. The average Bonchev–Trinajstić information content (AvgIpc) is 3.53. The largest absolute Gasteiger partial charge is 0.456 e. The Hall–Kier alpha value is -5.12. The first-order chi connectivity index (χ1) is 20.3. The summed E-state index contributed by atoms with van der Waals surface area (Å²) in [5.74, 6) is 0. The second-order valence-electron chi connectivity index (χ2n) is 10.8. The van der Waals surface area contributed by atoms with Crippen molar-refractivity contribution >= 4 is 43.9 Å². The van der Waals surface area contributed by atoms with E-state index in [4.69, 9.17) is 13.6 Å². The van der Waals surface area contributed by atoms with Gasteiger partial charge in [-0.05, 0) is 75.3 Å². The molecule has 0 atom stereocenters. The number of fused-ring (bicyclic) bond motifs is 9. The summed E-state index contributed by atoms with van der Waals surface area (Å²) in [6.07, 6.45) is 0. The van der Waals surface area contributed by atoms with Crippen molar-refractivity contribution in [2.75, 3.05) is 0 Å². The highest BCUT2D eigenvalue weighted by Crippen LogP contribution is 2.40. The molecule has 1 aliphatic rings. The maximum Gasteiger partial charge on any atom is 0.143 e. The first-order valence-electron chi connectivity index (χ1n) is 14.0. The summed E-state index contributed by atoms with van der Waals surface area (Å²) in [6.45, 7) is 1.15. The Morgan fingerprint density at radius 1 is 0.390 bits per heavy atom. The van der Waals surface area contributed by atoms with Crippen LogP contribution in [0.3, 0.4) is 0 Å². The van der Waals surface area contributed by atoms with Crippen LogP contribution < -0.4 is 0 Å². The highest BCUT2D eigenvalue weighted by atomic mass is 16.5. The molecule has 0 N–H and O–H groups in total. The Balaban J connectivity index is 1.17. The van der Waals surface area contributed by atoms with Gasteiger partial charge in [0.25, 0.3) is 0 Å². The third-order valence-corrected chi connectivity index (χ3v) is 8.45. The Morgan fingerprint density at radius 2 is 1.07 bits per heavy atom. The molecule has 194 valence electrons. The SMILES string of the molecule is c1ccc2c(c1)oc1ccc(-c3ccc4c(c3)-c3ccc(-c5cccc6c5oc5ccccc56)cc3COC4)cc12. The van der Waals surface area contributed by atoms with Crippen LogP contribution >= 0.6 is 0 Å². The first kappa shape index (κ1) is 22.7. The van der Waals surface area contributed by atoms with Gasteiger partial charge in [-0.3, -0.25) is 0 Å². The third kappa shape index (κ3) is 3.49. The van der Waals surface area contributed by atoms with E-state index < -0.39 is 0 Å². The minimum atomic E-state index is 0.566. The molecule has 1 aliphatic heterocycles. The van der Waals surface area contributed by atoms with Crippen LogP contribution in [0.1, 0.15) is 11.1 Å². The summed E-state index contributed by atoms with van der Waals surface area (Å²) >= 11 is 0. The van der Waals surface area contributed by atoms with Gasteiger partial charge >= 0.3 is 0 Å². The van der Waals surface area contributed by atoms with Crippen LogP contribution in [0, 0.1) is 0 Å². The Bertz CT molecular complexity index is 2300. The fourth-order valence-electron chi connectivity index (χ4n) is 6.43. The van der Waals surface area contributed by atoms with Crippen molar-refractivity contribution in [1.82, 2.24) is 0 Å². The fourth-order valence-corrected chi connectivity index (χ4v) is 6.43. The number of furan rings is 2. The maximum atomic E-state index is 6.34. The van der Waals surface area contributed by atoms with Gasteiger partial charge in [0.05, 0.1) is 13.2 Å². The Kier molecular flexibility index (Phi) is 4.80. The summed E-state index contributed by atoms with van der Waals surface area (Å²) < 4.78 is 18.6. The summed E-state index contributed by atoms with van der Waals surface area (Å²) in [5.41, 5.74) is 13.1. The van der Waals surface area contributed by atoms with E-state index in [2.05, 4.69) is 97.1 Å². The zero-order valence-electron chi connectivity index (χ0n) is 22.2. The van der Waals surface area contributed by atoms with Gasteiger partial charge in [0.2, 0.25) is 0 Å². The molecule has 0 fully saturated rings. The molecular formula is C38H24O3. The van der Waals surface area contributed by atoms with Gasteiger partial charge in [-0.15, -0.1) is 0 Å². The van der Waals surface area contributed by atoms with Crippen molar-refractivity contribution in [3.8, 4) is 33.4 Å². The molecular weight excluding hydrogens is 504 g/mol. The van der Waals surface area contributed by atoms with E-state index in [1.165, 1.54) is 33.4 Å². The van der Waals surface area contributed by atoms with Crippen molar-refractivity contribution < 1.29 is 13.6 Å². The van der Waals surface area contributed by atoms with Gasteiger partial charge < -0.3 is 13.6 Å². The molecule has 3 heteroatoms. The summed E-state index contributed by atoms with van der Waals surface area (Å²) in [4.78, 5) is 0. The monoisotopic (exact) mass is 528 g/mol. The molecule has 0 amide bonds. The molecule has 9 rings (SSSR count). The van der Waals surface area contributed by atoms with E-state index in [0.29, 0.717) is 13.2 Å². The van der Waals surface area contributed by atoms with E-state index >= 15 is 0 Å². The normalized spacial score (nSPS) is 13.1. The number of rotatable bonds is 2. The Labute approximate surface area is 236 Å². The molecule has 0 radical (unpaired) electrons. The minimum absolute atomic E-state index is 0.566. The van der Waals surface area contributed by atoms with E-state index in [-0.39, 0.29) is 0 Å². The zero-order valence-corrected chi connectivity index (χ0v) is 22.2. The zero-order chi connectivity index (χ0) is 26.9. The quantitative estimate of drug-likeness (QED) is 0.224. The van der Waals surface area contributed by atoms with Crippen molar-refractivity contribution in [2.24, 2.45) is 0 Å². The van der Waals surface area contributed by atoms with Gasteiger partial charge in [-0.2, -0.15) is 0 Å². The molecule has 0 spiro atoms. The second kappa shape index (κ2) is 8.69. The first-order valence-corrected chi connectivity index (χ1v) is 14.0. The van der Waals surface area contributed by atoms with Gasteiger partial charge in [0.1, 0.15) is 22.3 Å². The van der Waals surface area contributed by atoms with Gasteiger partial charge in [0.15, 0.2) is 0 Å². The van der Waals surface area contributed by atoms with Crippen LogP contribution in [-0.2, 0) is 18.0 Å². The maximum absolute atomic E-state index is 6.34. The van der Waals surface area contributed by atoms with Crippen molar-refractivity contribution in [1.29, 1.82) is 0 Å². The lowest BCUT2D eigenvalue weighted by atomic mass is 9.90. The lowest BCUT2D eigenvalue weighted by Gasteiger charge is -2.13. The van der Waals surface area contributed by atoms with Gasteiger partial charge in [-0.25, -0.2) is 0 Å². The highest BCUT2D eigenvalue weighted by Gasteiger charge is 2.19. The Morgan fingerprint density at radius 3 is 1.98 bits per heavy atom. The van der Waals surface area contributed by atoms with Gasteiger partial charge in [0, 0.05) is 27.1 Å². The van der Waals surface area contributed by atoms with Gasteiger partial charge in [-0.1, -0.05) is 84.9 Å². The van der Waals surface area contributed by atoms with Crippen molar-refractivity contribution in [3.05, 3.63) is 132 Å². The summed E-state index contributed by atoms with van der Waals surface area (Å²) in [6, 6.07) is 42.8. The van der Waals surface area contributed by atoms with E-state index in [0.717, 1.165) is 55.0 Å². The molecule has 6 aromatic carbocycles. The number of hydrogen-bond acceptors (Lipinski definition) is 3. The lowest BCUT2D eigenvalue weighted by Crippen LogP contribution is -1.91. The van der Waals surface area contributed by atoms with Crippen LogP contribution in [0.25, 0.3) is 77.3 Å². The van der Waals surface area contributed by atoms with E-state index in [9.17, 15) is 0 Å². The minimum Gasteiger partial charge on any atom is -0.456 e. The third-order valence-electron chi connectivity index (χ3n) is 8.45. The van der Waals surface area contributed by atoms with Crippen LogP contribution in [0.2, 0.25) is 0 Å². The van der Waals surface area contributed by atoms with E-state index in [1.807, 2.05) is 24.3 Å². The molecule has 8 aromatic rings. The van der Waals surface area contributed by atoms with Crippen molar-refractivity contribution in [2.45, 2.75) is 13.2 Å². The lowest BCUT2D eigenvalue weighted by molar-refractivity contribution is 0.110. The smallest absolute Gasteiger partial charge is 0.143 e. The summed E-state index contributed by atoms with van der Waals surface area (Å²) in [7, 11) is 0. The van der Waals surface area contributed by atoms with Crippen LogP contribution in [0.5, 0.6) is 0 Å². The molecule has 3 heterocycles. The topological polar surface area (TPSA) is 35.5 Å². The number of hydrogen-bond donors (Lipinski definition) is 0. The molecule has 2 aromatic heterocycles. The number of benzene rings is 6. The molecule has 0 aliphatic carbocycles. The second-order valence-corrected chi connectivity index (χ2v) is 10.8. The van der Waals surface area contributed by atoms with Crippen LogP contribution in [0.15, 0.2) is 130 Å². The molecule has 0 saturated carbocycles. The number of para-hydroxylation sites is 3. The molecule has 0 unspecified atom stereocenters.